The van der Waals surface area contributed by atoms with Gasteiger partial charge in [0.2, 0.25) is 0 Å². The van der Waals surface area contributed by atoms with Crippen LogP contribution < -0.4 is 5.32 Å². The summed E-state index contributed by atoms with van der Waals surface area (Å²) in [5.41, 5.74) is -0.491. The number of halogens is 2. The zero-order valence-corrected chi connectivity index (χ0v) is 7.65. The molecular formula is C10H15F2N. The molecular weight excluding hydrogens is 172 g/mol. The Balaban J connectivity index is 1.73. The summed E-state index contributed by atoms with van der Waals surface area (Å²) in [6.45, 7) is 1.88. The topological polar surface area (TPSA) is 12.0 Å². The third-order valence-electron chi connectivity index (χ3n) is 4.21. The van der Waals surface area contributed by atoms with Crippen LogP contribution in [0.3, 0.4) is 0 Å². The predicted octanol–water partition coefficient (Wildman–Crippen LogP) is 2.03. The highest BCUT2D eigenvalue weighted by molar-refractivity contribution is 5.27. The van der Waals surface area contributed by atoms with Gasteiger partial charge in [0.25, 0.3) is 5.92 Å². The van der Waals surface area contributed by atoms with Gasteiger partial charge in [-0.25, -0.2) is 8.78 Å². The number of rotatable bonds is 1. The van der Waals surface area contributed by atoms with Crippen molar-refractivity contribution in [3.8, 4) is 0 Å². The Hall–Kier alpha value is -0.180. The maximum absolute atomic E-state index is 13.4. The molecule has 74 valence electrons. The standard InChI is InChI=1S/C10H15F2N/c11-10(12)8(9(10)3-4-9)7-1-5-13-6-2-7/h7-8,13H,1-6H2/t8-/m1/s1. The van der Waals surface area contributed by atoms with Gasteiger partial charge in [0.05, 0.1) is 0 Å². The van der Waals surface area contributed by atoms with Crippen LogP contribution in [0.5, 0.6) is 0 Å². The van der Waals surface area contributed by atoms with Crippen molar-refractivity contribution in [3.05, 3.63) is 0 Å². The first-order chi connectivity index (χ1) is 6.18. The summed E-state index contributed by atoms with van der Waals surface area (Å²) >= 11 is 0. The molecule has 2 aliphatic carbocycles. The van der Waals surface area contributed by atoms with Gasteiger partial charge < -0.3 is 5.32 Å². The molecule has 0 aromatic carbocycles. The van der Waals surface area contributed by atoms with Crippen LogP contribution in [0.25, 0.3) is 0 Å². The first-order valence-corrected chi connectivity index (χ1v) is 5.27. The monoisotopic (exact) mass is 187 g/mol. The third kappa shape index (κ3) is 0.888. The van der Waals surface area contributed by atoms with Crippen molar-refractivity contribution in [3.63, 3.8) is 0 Å². The summed E-state index contributed by atoms with van der Waals surface area (Å²) in [4.78, 5) is 0. The Kier molecular flexibility index (Phi) is 1.41. The van der Waals surface area contributed by atoms with Crippen molar-refractivity contribution in [1.82, 2.24) is 5.32 Å². The highest BCUT2D eigenvalue weighted by atomic mass is 19.3. The molecule has 1 atom stereocenters. The van der Waals surface area contributed by atoms with Crippen molar-refractivity contribution in [1.29, 1.82) is 0 Å². The lowest BCUT2D eigenvalue weighted by atomic mass is 9.91. The third-order valence-corrected chi connectivity index (χ3v) is 4.21. The second-order valence-corrected chi connectivity index (χ2v) is 4.84. The van der Waals surface area contributed by atoms with Gasteiger partial charge in [-0.15, -0.1) is 0 Å². The van der Waals surface area contributed by atoms with Gasteiger partial charge in [-0.3, -0.25) is 0 Å². The molecule has 0 bridgehead atoms. The molecule has 0 unspecified atom stereocenters. The largest absolute Gasteiger partial charge is 0.317 e. The van der Waals surface area contributed by atoms with Crippen LogP contribution in [0, 0.1) is 17.3 Å². The predicted molar refractivity (Wildman–Crippen MR) is 45.7 cm³/mol. The summed E-state index contributed by atoms with van der Waals surface area (Å²) in [6.07, 6.45) is 3.49. The fraction of sp³-hybridized carbons (Fsp3) is 1.00. The average Bonchev–Trinajstić information content (AvgIpc) is 2.95. The number of hydrogen-bond donors (Lipinski definition) is 1. The maximum atomic E-state index is 13.4. The van der Waals surface area contributed by atoms with E-state index in [1.165, 1.54) is 0 Å². The Morgan fingerprint density at radius 2 is 1.69 bits per heavy atom. The van der Waals surface area contributed by atoms with Gasteiger partial charge in [-0.1, -0.05) is 0 Å². The zero-order valence-electron chi connectivity index (χ0n) is 7.65. The molecule has 3 fully saturated rings. The highest BCUT2D eigenvalue weighted by Crippen LogP contribution is 2.82. The lowest BCUT2D eigenvalue weighted by Gasteiger charge is -2.22. The van der Waals surface area contributed by atoms with E-state index in [0.717, 1.165) is 38.8 Å². The molecule has 0 aromatic rings. The summed E-state index contributed by atoms with van der Waals surface area (Å²) in [5.74, 6) is -2.24. The zero-order chi connectivity index (χ0) is 9.10. The molecule has 1 heterocycles. The first kappa shape index (κ1) is 8.16. The number of hydrogen-bond acceptors (Lipinski definition) is 1. The van der Waals surface area contributed by atoms with Crippen molar-refractivity contribution >= 4 is 0 Å². The average molecular weight is 187 g/mol. The normalized spacial score (nSPS) is 40.6. The van der Waals surface area contributed by atoms with E-state index < -0.39 is 11.3 Å². The Labute approximate surface area is 76.9 Å². The van der Waals surface area contributed by atoms with Gasteiger partial charge in [-0.2, -0.15) is 0 Å². The summed E-state index contributed by atoms with van der Waals surface area (Å²) in [5, 5.41) is 3.23. The van der Waals surface area contributed by atoms with Crippen LogP contribution in [0.1, 0.15) is 25.7 Å². The second kappa shape index (κ2) is 2.25. The molecule has 2 saturated carbocycles. The maximum Gasteiger partial charge on any atom is 0.257 e. The summed E-state index contributed by atoms with van der Waals surface area (Å²) in [7, 11) is 0. The molecule has 13 heavy (non-hydrogen) atoms. The number of piperidine rings is 1. The number of nitrogens with one attached hydrogen (secondary N) is 1. The van der Waals surface area contributed by atoms with Gasteiger partial charge in [0.15, 0.2) is 0 Å². The van der Waals surface area contributed by atoms with E-state index in [0.29, 0.717) is 5.92 Å². The molecule has 0 amide bonds. The van der Waals surface area contributed by atoms with Crippen molar-refractivity contribution < 1.29 is 8.78 Å². The molecule has 3 aliphatic rings. The number of alkyl halides is 2. The lowest BCUT2D eigenvalue weighted by Crippen LogP contribution is -2.29. The van der Waals surface area contributed by atoms with Crippen LogP contribution in [0.15, 0.2) is 0 Å². The van der Waals surface area contributed by atoms with E-state index in [2.05, 4.69) is 5.32 Å². The van der Waals surface area contributed by atoms with Crippen molar-refractivity contribution in [2.45, 2.75) is 31.6 Å². The van der Waals surface area contributed by atoms with E-state index in [4.69, 9.17) is 0 Å². The van der Waals surface area contributed by atoms with E-state index >= 15 is 0 Å². The Morgan fingerprint density at radius 1 is 1.08 bits per heavy atom. The van der Waals surface area contributed by atoms with Crippen molar-refractivity contribution in [2.75, 3.05) is 13.1 Å². The smallest absolute Gasteiger partial charge is 0.257 e. The van der Waals surface area contributed by atoms with E-state index in [1.807, 2.05) is 0 Å². The minimum Gasteiger partial charge on any atom is -0.317 e. The first-order valence-electron chi connectivity index (χ1n) is 5.27. The highest BCUT2D eigenvalue weighted by Gasteiger charge is 2.86. The minimum atomic E-state index is -2.30. The van der Waals surface area contributed by atoms with Gasteiger partial charge >= 0.3 is 0 Å². The van der Waals surface area contributed by atoms with Crippen LogP contribution in [0.4, 0.5) is 8.78 Å². The fourth-order valence-electron chi connectivity index (χ4n) is 3.24. The molecule has 1 N–H and O–H groups in total. The van der Waals surface area contributed by atoms with Crippen LogP contribution in [0.2, 0.25) is 0 Å². The molecule has 1 nitrogen and oxygen atoms in total. The molecule has 3 heteroatoms. The van der Waals surface area contributed by atoms with Gasteiger partial charge in [-0.05, 0) is 44.7 Å². The quantitative estimate of drug-likeness (QED) is 0.662. The van der Waals surface area contributed by atoms with Crippen LogP contribution in [-0.4, -0.2) is 19.0 Å². The van der Waals surface area contributed by atoms with E-state index in [9.17, 15) is 8.78 Å². The van der Waals surface area contributed by atoms with Crippen molar-refractivity contribution in [2.24, 2.45) is 17.3 Å². The molecule has 0 radical (unpaired) electrons. The SMILES string of the molecule is FC1(F)[C@H](C2CCNCC2)C12CC2. The Morgan fingerprint density at radius 3 is 2.15 bits per heavy atom. The summed E-state index contributed by atoms with van der Waals surface area (Å²) < 4.78 is 26.8. The Bertz CT molecular complexity index is 225. The second-order valence-electron chi connectivity index (χ2n) is 4.84. The lowest BCUT2D eigenvalue weighted by molar-refractivity contribution is 0.0668. The van der Waals surface area contributed by atoms with Crippen LogP contribution in [-0.2, 0) is 0 Å². The van der Waals surface area contributed by atoms with E-state index in [-0.39, 0.29) is 5.92 Å². The molecule has 3 rings (SSSR count). The molecule has 1 aliphatic heterocycles. The fourth-order valence-corrected chi connectivity index (χ4v) is 3.24. The van der Waals surface area contributed by atoms with E-state index in [1.54, 1.807) is 0 Å². The molecule has 1 spiro atoms. The molecule has 0 aromatic heterocycles. The molecule has 1 saturated heterocycles. The van der Waals surface area contributed by atoms with Crippen LogP contribution >= 0.6 is 0 Å². The van der Waals surface area contributed by atoms with Gasteiger partial charge in [0.1, 0.15) is 0 Å². The minimum absolute atomic E-state index is 0.248. The summed E-state index contributed by atoms with van der Waals surface area (Å²) in [6, 6.07) is 0. The van der Waals surface area contributed by atoms with Gasteiger partial charge in [0, 0.05) is 11.3 Å².